The van der Waals surface area contributed by atoms with Crippen LogP contribution in [0.25, 0.3) is 0 Å². The summed E-state index contributed by atoms with van der Waals surface area (Å²) in [6.07, 6.45) is 3.59. The third kappa shape index (κ3) is 4.51. The van der Waals surface area contributed by atoms with Crippen molar-refractivity contribution in [2.45, 2.75) is 38.6 Å². The van der Waals surface area contributed by atoms with E-state index in [1.165, 1.54) is 5.56 Å². The zero-order valence-corrected chi connectivity index (χ0v) is 17.6. The molecule has 0 unspecified atom stereocenters. The quantitative estimate of drug-likeness (QED) is 0.819. The monoisotopic (exact) mass is 411 g/mol. The molecule has 7 heteroatoms. The van der Waals surface area contributed by atoms with Gasteiger partial charge in [0.2, 0.25) is 5.91 Å². The first-order valence-corrected chi connectivity index (χ1v) is 10.6. The summed E-state index contributed by atoms with van der Waals surface area (Å²) in [5, 5.41) is 3.04. The number of hydrogen-bond acceptors (Lipinski definition) is 5. The number of anilines is 1. The number of fused-ring (bicyclic) bond motifs is 1. The smallest absolute Gasteiger partial charge is 0.287 e. The topological polar surface area (TPSA) is 75.0 Å². The van der Waals surface area contributed by atoms with E-state index >= 15 is 0 Å². The predicted octanol–water partition coefficient (Wildman–Crippen LogP) is 2.77. The standard InChI is InChI=1S/C23H29N3O4/c1-16-5-8-21(30-16)23(28)24-18-9-12-25(13-10-18)15-22(27)26-11-3-4-17-14-19(29-2)6-7-20(17)26/h5-8,14,18H,3-4,9-13,15H2,1-2H3,(H,24,28). The van der Waals surface area contributed by atoms with Gasteiger partial charge in [-0.25, -0.2) is 0 Å². The van der Waals surface area contributed by atoms with Gasteiger partial charge < -0.3 is 19.4 Å². The van der Waals surface area contributed by atoms with Crippen molar-refractivity contribution in [3.63, 3.8) is 0 Å². The number of nitrogens with one attached hydrogen (secondary N) is 1. The number of benzene rings is 1. The Morgan fingerprint density at radius 3 is 2.67 bits per heavy atom. The van der Waals surface area contributed by atoms with Crippen LogP contribution in [0.15, 0.2) is 34.7 Å². The highest BCUT2D eigenvalue weighted by Gasteiger charge is 2.27. The maximum absolute atomic E-state index is 13.0. The number of rotatable bonds is 5. The fourth-order valence-electron chi connectivity index (χ4n) is 4.28. The molecule has 1 aromatic carbocycles. The zero-order chi connectivity index (χ0) is 21.1. The first-order valence-electron chi connectivity index (χ1n) is 10.6. The Hall–Kier alpha value is -2.80. The zero-order valence-electron chi connectivity index (χ0n) is 17.6. The molecule has 0 radical (unpaired) electrons. The molecular formula is C23H29N3O4. The van der Waals surface area contributed by atoms with Crippen LogP contribution < -0.4 is 15.0 Å². The van der Waals surface area contributed by atoms with E-state index in [0.29, 0.717) is 12.3 Å². The van der Waals surface area contributed by atoms with Crippen LogP contribution in [0.3, 0.4) is 0 Å². The highest BCUT2D eigenvalue weighted by atomic mass is 16.5. The molecule has 0 saturated carbocycles. The van der Waals surface area contributed by atoms with Crippen molar-refractivity contribution in [1.29, 1.82) is 0 Å². The minimum Gasteiger partial charge on any atom is -0.497 e. The third-order valence-electron chi connectivity index (χ3n) is 5.95. The Kier molecular flexibility index (Phi) is 6.08. The lowest BCUT2D eigenvalue weighted by atomic mass is 10.0. The van der Waals surface area contributed by atoms with E-state index in [9.17, 15) is 9.59 Å². The number of likely N-dealkylation sites (tertiary alicyclic amines) is 1. The van der Waals surface area contributed by atoms with Gasteiger partial charge in [-0.2, -0.15) is 0 Å². The molecule has 1 saturated heterocycles. The molecule has 0 atom stereocenters. The van der Waals surface area contributed by atoms with Crippen LogP contribution in [0, 0.1) is 6.92 Å². The number of piperidine rings is 1. The number of furan rings is 1. The molecule has 1 fully saturated rings. The fraction of sp³-hybridized carbons (Fsp3) is 0.478. The highest BCUT2D eigenvalue weighted by molar-refractivity contribution is 5.96. The maximum atomic E-state index is 13.0. The summed E-state index contributed by atoms with van der Waals surface area (Å²) in [5.41, 5.74) is 2.17. The summed E-state index contributed by atoms with van der Waals surface area (Å²) in [6, 6.07) is 9.53. The number of aryl methyl sites for hydroxylation is 2. The second-order valence-electron chi connectivity index (χ2n) is 8.08. The third-order valence-corrected chi connectivity index (χ3v) is 5.95. The van der Waals surface area contributed by atoms with Crippen LogP contribution >= 0.6 is 0 Å². The molecule has 3 heterocycles. The largest absolute Gasteiger partial charge is 0.497 e. The van der Waals surface area contributed by atoms with Crippen LogP contribution in [-0.4, -0.2) is 56.0 Å². The van der Waals surface area contributed by atoms with E-state index in [0.717, 1.165) is 62.5 Å². The number of carbonyl (C=O) groups excluding carboxylic acids is 2. The molecule has 30 heavy (non-hydrogen) atoms. The molecule has 160 valence electrons. The molecular weight excluding hydrogens is 382 g/mol. The average molecular weight is 412 g/mol. The first kappa shape index (κ1) is 20.5. The van der Waals surface area contributed by atoms with Gasteiger partial charge in [0.05, 0.1) is 13.7 Å². The van der Waals surface area contributed by atoms with Crippen LogP contribution in [0.1, 0.15) is 41.1 Å². The molecule has 4 rings (SSSR count). The van der Waals surface area contributed by atoms with Gasteiger partial charge in [0, 0.05) is 31.4 Å². The van der Waals surface area contributed by atoms with E-state index in [-0.39, 0.29) is 17.9 Å². The minimum absolute atomic E-state index is 0.109. The Balaban J connectivity index is 1.29. The Morgan fingerprint density at radius 1 is 1.17 bits per heavy atom. The van der Waals surface area contributed by atoms with E-state index in [4.69, 9.17) is 9.15 Å². The summed E-state index contributed by atoms with van der Waals surface area (Å²) in [4.78, 5) is 29.4. The van der Waals surface area contributed by atoms with Gasteiger partial charge in [0.15, 0.2) is 5.76 Å². The molecule has 2 amide bonds. The molecule has 1 N–H and O–H groups in total. The summed E-state index contributed by atoms with van der Waals surface area (Å²) in [6.45, 7) is 4.56. The van der Waals surface area contributed by atoms with Gasteiger partial charge in [0.25, 0.3) is 5.91 Å². The number of nitrogens with zero attached hydrogens (tertiary/aromatic N) is 2. The molecule has 0 spiro atoms. The van der Waals surface area contributed by atoms with Gasteiger partial charge >= 0.3 is 0 Å². The molecule has 1 aromatic heterocycles. The number of methoxy groups -OCH3 is 1. The lowest BCUT2D eigenvalue weighted by molar-refractivity contribution is -0.120. The van der Waals surface area contributed by atoms with Gasteiger partial charge in [-0.1, -0.05) is 0 Å². The summed E-state index contributed by atoms with van der Waals surface area (Å²) in [5.74, 6) is 1.88. The number of carbonyl (C=O) groups is 2. The van der Waals surface area contributed by atoms with Crippen molar-refractivity contribution in [3.8, 4) is 5.75 Å². The lowest BCUT2D eigenvalue weighted by Crippen LogP contribution is -2.48. The van der Waals surface area contributed by atoms with Gasteiger partial charge in [0.1, 0.15) is 11.5 Å². The summed E-state index contributed by atoms with van der Waals surface area (Å²) >= 11 is 0. The van der Waals surface area contributed by atoms with Crippen LogP contribution in [0.2, 0.25) is 0 Å². The van der Waals surface area contributed by atoms with Gasteiger partial charge in [-0.15, -0.1) is 0 Å². The Morgan fingerprint density at radius 2 is 1.97 bits per heavy atom. The van der Waals surface area contributed by atoms with Crippen LogP contribution in [0.5, 0.6) is 5.75 Å². The SMILES string of the molecule is COc1ccc2c(c1)CCCN2C(=O)CN1CCC(NC(=O)c2ccc(C)o2)CC1. The normalized spacial score (nSPS) is 17.5. The number of ether oxygens (including phenoxy) is 1. The van der Waals surface area contributed by atoms with Crippen molar-refractivity contribution < 1.29 is 18.7 Å². The summed E-state index contributed by atoms with van der Waals surface area (Å²) in [7, 11) is 1.66. The summed E-state index contributed by atoms with van der Waals surface area (Å²) < 4.78 is 10.7. The Labute approximate surface area is 177 Å². The van der Waals surface area contributed by atoms with Crippen molar-refractivity contribution in [3.05, 3.63) is 47.4 Å². The predicted molar refractivity (Wildman–Crippen MR) is 114 cm³/mol. The second-order valence-corrected chi connectivity index (χ2v) is 8.08. The molecule has 0 bridgehead atoms. The van der Waals surface area contributed by atoms with E-state index < -0.39 is 0 Å². The van der Waals surface area contributed by atoms with E-state index in [1.807, 2.05) is 30.0 Å². The van der Waals surface area contributed by atoms with E-state index in [2.05, 4.69) is 10.2 Å². The van der Waals surface area contributed by atoms with Gasteiger partial charge in [-0.3, -0.25) is 14.5 Å². The molecule has 2 aliphatic rings. The number of amides is 2. The first-order chi connectivity index (χ1) is 14.5. The van der Waals surface area contributed by atoms with E-state index in [1.54, 1.807) is 19.2 Å². The maximum Gasteiger partial charge on any atom is 0.287 e. The minimum atomic E-state index is -0.169. The Bertz CT molecular complexity index is 915. The van der Waals surface area contributed by atoms with Crippen LogP contribution in [-0.2, 0) is 11.2 Å². The second kappa shape index (κ2) is 8.92. The van der Waals surface area contributed by atoms with Crippen LogP contribution in [0.4, 0.5) is 5.69 Å². The van der Waals surface area contributed by atoms with Crippen molar-refractivity contribution in [1.82, 2.24) is 10.2 Å². The van der Waals surface area contributed by atoms with Crippen molar-refractivity contribution >= 4 is 17.5 Å². The molecule has 7 nitrogen and oxygen atoms in total. The molecule has 2 aliphatic heterocycles. The average Bonchev–Trinajstić information content (AvgIpc) is 3.20. The molecule has 2 aromatic rings. The number of hydrogen-bond donors (Lipinski definition) is 1. The van der Waals surface area contributed by atoms with Crippen molar-refractivity contribution in [2.75, 3.05) is 38.2 Å². The van der Waals surface area contributed by atoms with Crippen molar-refractivity contribution in [2.24, 2.45) is 0 Å². The lowest BCUT2D eigenvalue weighted by Gasteiger charge is -2.35. The molecule has 0 aliphatic carbocycles. The van der Waals surface area contributed by atoms with Gasteiger partial charge in [-0.05, 0) is 68.5 Å². The highest BCUT2D eigenvalue weighted by Crippen LogP contribution is 2.30. The fourth-order valence-corrected chi connectivity index (χ4v) is 4.28.